The fraction of sp³-hybridized carbons (Fsp3) is 0.611. The molecule has 0 aromatic rings. The molecule has 1 aliphatic carbocycles. The molecule has 0 N–H and O–H groups in total. The first-order valence-electron chi connectivity index (χ1n) is 7.79. The highest BCUT2D eigenvalue weighted by Gasteiger charge is 2.12. The molecule has 0 radical (unpaired) electrons. The highest BCUT2D eigenvalue weighted by Crippen LogP contribution is 2.28. The summed E-state index contributed by atoms with van der Waals surface area (Å²) in [7, 11) is 0. The molecule has 1 aliphatic rings. The van der Waals surface area contributed by atoms with E-state index in [4.69, 9.17) is 4.74 Å². The van der Waals surface area contributed by atoms with Crippen LogP contribution in [0.2, 0.25) is 0 Å². The summed E-state index contributed by atoms with van der Waals surface area (Å²) in [5.74, 6) is 0.375. The van der Waals surface area contributed by atoms with Crippen molar-refractivity contribution in [3.05, 3.63) is 34.9 Å². The molecule has 0 bridgehead atoms. The van der Waals surface area contributed by atoms with Gasteiger partial charge in [-0.15, -0.1) is 0 Å². The van der Waals surface area contributed by atoms with E-state index < -0.39 is 0 Å². The SMILES string of the molecule is CCOC(=O)/C=C(/C)CCC(C)C1=CC=C(CC)CC1. The van der Waals surface area contributed by atoms with Crippen LogP contribution >= 0.6 is 0 Å². The second-order valence-electron chi connectivity index (χ2n) is 5.60. The van der Waals surface area contributed by atoms with Crippen LogP contribution in [0.25, 0.3) is 0 Å². The van der Waals surface area contributed by atoms with Gasteiger partial charge in [0.15, 0.2) is 0 Å². The van der Waals surface area contributed by atoms with Crippen molar-refractivity contribution in [3.8, 4) is 0 Å². The summed E-state index contributed by atoms with van der Waals surface area (Å²) < 4.78 is 4.93. The zero-order valence-electron chi connectivity index (χ0n) is 13.4. The van der Waals surface area contributed by atoms with Gasteiger partial charge in [0.1, 0.15) is 0 Å². The lowest BCUT2D eigenvalue weighted by Gasteiger charge is -2.20. The van der Waals surface area contributed by atoms with E-state index in [0.29, 0.717) is 12.5 Å². The average molecular weight is 276 g/mol. The van der Waals surface area contributed by atoms with Crippen LogP contribution in [-0.2, 0) is 9.53 Å². The van der Waals surface area contributed by atoms with Gasteiger partial charge in [0.2, 0.25) is 0 Å². The van der Waals surface area contributed by atoms with Gasteiger partial charge in [-0.3, -0.25) is 0 Å². The first-order chi connectivity index (χ1) is 9.56. The highest BCUT2D eigenvalue weighted by molar-refractivity contribution is 5.82. The fourth-order valence-electron chi connectivity index (χ4n) is 2.49. The molecule has 0 aromatic heterocycles. The Hall–Kier alpha value is -1.31. The Balaban J connectivity index is 2.44. The molecule has 0 aliphatic heterocycles. The number of hydrogen-bond acceptors (Lipinski definition) is 2. The molecule has 2 heteroatoms. The van der Waals surface area contributed by atoms with Crippen molar-refractivity contribution < 1.29 is 9.53 Å². The van der Waals surface area contributed by atoms with E-state index in [0.717, 1.165) is 18.4 Å². The van der Waals surface area contributed by atoms with Gasteiger partial charge in [0.05, 0.1) is 6.61 Å². The van der Waals surface area contributed by atoms with E-state index in [1.54, 1.807) is 17.2 Å². The maximum Gasteiger partial charge on any atom is 0.330 e. The second kappa shape index (κ2) is 8.78. The van der Waals surface area contributed by atoms with Gasteiger partial charge in [-0.1, -0.05) is 42.7 Å². The fourth-order valence-corrected chi connectivity index (χ4v) is 2.49. The number of carbonyl (C=O) groups is 1. The first kappa shape index (κ1) is 16.7. The predicted octanol–water partition coefficient (Wildman–Crippen LogP) is 4.97. The summed E-state index contributed by atoms with van der Waals surface area (Å²) in [5, 5.41) is 0. The monoisotopic (exact) mass is 276 g/mol. The topological polar surface area (TPSA) is 26.3 Å². The van der Waals surface area contributed by atoms with Gasteiger partial charge in [0.25, 0.3) is 0 Å². The zero-order chi connectivity index (χ0) is 15.0. The zero-order valence-corrected chi connectivity index (χ0v) is 13.4. The Labute approximate surface area is 123 Å². The molecule has 0 amide bonds. The number of carbonyl (C=O) groups excluding carboxylic acids is 1. The summed E-state index contributed by atoms with van der Waals surface area (Å²) in [4.78, 5) is 11.4. The van der Waals surface area contributed by atoms with Crippen LogP contribution in [0, 0.1) is 5.92 Å². The number of allylic oxidation sites excluding steroid dienone is 5. The molecule has 1 rings (SSSR count). The molecule has 0 saturated carbocycles. The lowest BCUT2D eigenvalue weighted by Crippen LogP contribution is -2.04. The minimum Gasteiger partial charge on any atom is -0.463 e. The molecule has 0 saturated heterocycles. The number of esters is 1. The molecule has 0 fully saturated rings. The second-order valence-corrected chi connectivity index (χ2v) is 5.60. The van der Waals surface area contributed by atoms with E-state index in [-0.39, 0.29) is 5.97 Å². The molecule has 0 spiro atoms. The summed E-state index contributed by atoms with van der Waals surface area (Å²) in [6.07, 6.45) is 11.9. The molecular weight excluding hydrogens is 248 g/mol. The molecule has 0 heterocycles. The van der Waals surface area contributed by atoms with E-state index in [9.17, 15) is 4.79 Å². The van der Waals surface area contributed by atoms with Crippen molar-refractivity contribution in [2.45, 2.75) is 59.8 Å². The van der Waals surface area contributed by atoms with Crippen LogP contribution < -0.4 is 0 Å². The van der Waals surface area contributed by atoms with Gasteiger partial charge >= 0.3 is 5.97 Å². The van der Waals surface area contributed by atoms with Crippen molar-refractivity contribution in [3.63, 3.8) is 0 Å². The minimum absolute atomic E-state index is 0.218. The molecule has 112 valence electrons. The number of rotatable bonds is 7. The molecule has 2 nitrogen and oxygen atoms in total. The summed E-state index contributed by atoms with van der Waals surface area (Å²) in [5.41, 5.74) is 4.21. The third-order valence-corrected chi connectivity index (χ3v) is 3.98. The Morgan fingerprint density at radius 3 is 2.65 bits per heavy atom. The van der Waals surface area contributed by atoms with Crippen molar-refractivity contribution in [2.75, 3.05) is 6.61 Å². The molecule has 20 heavy (non-hydrogen) atoms. The Morgan fingerprint density at radius 1 is 1.35 bits per heavy atom. The van der Waals surface area contributed by atoms with E-state index in [2.05, 4.69) is 26.0 Å². The van der Waals surface area contributed by atoms with Crippen molar-refractivity contribution in [1.82, 2.24) is 0 Å². The standard InChI is InChI=1S/C18H28O2/c1-5-16-9-11-17(12-10-16)15(4)8-7-14(3)13-18(19)20-6-2/h9,11,13,15H,5-8,10,12H2,1-4H3/b14-13-. The molecule has 1 atom stereocenters. The maximum atomic E-state index is 11.4. The number of hydrogen-bond donors (Lipinski definition) is 0. The maximum absolute atomic E-state index is 11.4. The smallest absolute Gasteiger partial charge is 0.330 e. The Morgan fingerprint density at radius 2 is 2.10 bits per heavy atom. The van der Waals surface area contributed by atoms with Crippen molar-refractivity contribution in [2.24, 2.45) is 5.92 Å². The first-order valence-corrected chi connectivity index (χ1v) is 7.79. The summed E-state index contributed by atoms with van der Waals surface area (Å²) >= 11 is 0. The average Bonchev–Trinajstić information content (AvgIpc) is 2.45. The Kier molecular flexibility index (Phi) is 7.35. The molecule has 1 unspecified atom stereocenters. The third kappa shape index (κ3) is 5.77. The van der Waals surface area contributed by atoms with Gasteiger partial charge in [-0.05, 0) is 51.9 Å². The van der Waals surface area contributed by atoms with Gasteiger partial charge in [-0.25, -0.2) is 4.79 Å². The quantitative estimate of drug-likeness (QED) is 0.485. The van der Waals surface area contributed by atoms with Crippen LogP contribution in [0.3, 0.4) is 0 Å². The van der Waals surface area contributed by atoms with Crippen LogP contribution in [0.4, 0.5) is 0 Å². The largest absolute Gasteiger partial charge is 0.463 e. The van der Waals surface area contributed by atoms with Crippen LogP contribution in [0.5, 0.6) is 0 Å². The number of ether oxygens (including phenoxy) is 1. The predicted molar refractivity (Wildman–Crippen MR) is 84.5 cm³/mol. The van der Waals surface area contributed by atoms with Crippen LogP contribution in [0.1, 0.15) is 59.8 Å². The van der Waals surface area contributed by atoms with Crippen LogP contribution in [-0.4, -0.2) is 12.6 Å². The van der Waals surface area contributed by atoms with E-state index in [1.165, 1.54) is 19.3 Å². The lowest BCUT2D eigenvalue weighted by atomic mass is 9.86. The van der Waals surface area contributed by atoms with Crippen LogP contribution in [0.15, 0.2) is 34.9 Å². The normalized spacial score (nSPS) is 17.3. The van der Waals surface area contributed by atoms with Gasteiger partial charge < -0.3 is 4.74 Å². The molecular formula is C18H28O2. The minimum atomic E-state index is -0.218. The van der Waals surface area contributed by atoms with Crippen molar-refractivity contribution in [1.29, 1.82) is 0 Å². The van der Waals surface area contributed by atoms with Crippen molar-refractivity contribution >= 4 is 5.97 Å². The molecule has 0 aromatic carbocycles. The van der Waals surface area contributed by atoms with Gasteiger partial charge in [0, 0.05) is 6.08 Å². The van der Waals surface area contributed by atoms with Gasteiger partial charge in [-0.2, -0.15) is 0 Å². The summed E-state index contributed by atoms with van der Waals surface area (Å²) in [6.45, 7) is 8.79. The van der Waals surface area contributed by atoms with E-state index in [1.807, 2.05) is 13.8 Å². The third-order valence-electron chi connectivity index (χ3n) is 3.98. The van der Waals surface area contributed by atoms with E-state index >= 15 is 0 Å². The summed E-state index contributed by atoms with van der Waals surface area (Å²) in [6, 6.07) is 0. The Bertz CT molecular complexity index is 413. The highest BCUT2D eigenvalue weighted by atomic mass is 16.5. The lowest BCUT2D eigenvalue weighted by molar-refractivity contribution is -0.137.